The average molecular weight is 318 g/mol. The third-order valence-electron chi connectivity index (χ3n) is 2.76. The van der Waals surface area contributed by atoms with Crippen molar-refractivity contribution in [1.82, 2.24) is 0 Å². The maximum atomic E-state index is 6.15. The summed E-state index contributed by atoms with van der Waals surface area (Å²) in [4.78, 5) is 0. The molecule has 0 bridgehead atoms. The molecule has 4 N–H and O–H groups in total. The monoisotopic (exact) mass is 318 g/mol. The number of nitrogens with two attached hydrogens (primary N) is 2. The fourth-order valence-electron chi connectivity index (χ4n) is 1.85. The van der Waals surface area contributed by atoms with Crippen LogP contribution in [0.2, 0.25) is 0 Å². The second-order valence-electron chi connectivity index (χ2n) is 5.02. The Hall–Kier alpha value is -0.450. The highest BCUT2D eigenvalue weighted by atomic mass is 127. The minimum Gasteiger partial charge on any atom is -0.398 e. The SMILES string of the molecule is Cc1c(N)c(C(C)(C)C)c(N)c(C)c1I. The molecule has 3 heteroatoms. The first kappa shape index (κ1) is 12.6. The molecule has 1 aromatic carbocycles. The normalized spacial score (nSPS) is 11.9. The van der Waals surface area contributed by atoms with Gasteiger partial charge in [-0.2, -0.15) is 0 Å². The van der Waals surface area contributed by atoms with Gasteiger partial charge in [-0.25, -0.2) is 0 Å². The first-order valence-electron chi connectivity index (χ1n) is 5.02. The van der Waals surface area contributed by atoms with Crippen molar-refractivity contribution in [2.75, 3.05) is 11.5 Å². The van der Waals surface area contributed by atoms with E-state index in [1.54, 1.807) is 0 Å². The highest BCUT2D eigenvalue weighted by Gasteiger charge is 2.24. The number of hydrogen-bond acceptors (Lipinski definition) is 2. The minimum absolute atomic E-state index is 0.00593. The van der Waals surface area contributed by atoms with Gasteiger partial charge in [0.25, 0.3) is 0 Å². The lowest BCUT2D eigenvalue weighted by atomic mass is 9.82. The smallest absolute Gasteiger partial charge is 0.0413 e. The molecule has 0 aliphatic rings. The lowest BCUT2D eigenvalue weighted by molar-refractivity contribution is 0.594. The number of anilines is 2. The lowest BCUT2D eigenvalue weighted by Gasteiger charge is -2.26. The van der Waals surface area contributed by atoms with Gasteiger partial charge < -0.3 is 11.5 Å². The van der Waals surface area contributed by atoms with Crippen LogP contribution in [0, 0.1) is 17.4 Å². The van der Waals surface area contributed by atoms with E-state index < -0.39 is 0 Å². The van der Waals surface area contributed by atoms with Crippen molar-refractivity contribution in [2.45, 2.75) is 40.0 Å². The molecule has 0 atom stereocenters. The van der Waals surface area contributed by atoms with E-state index in [-0.39, 0.29) is 5.41 Å². The second-order valence-corrected chi connectivity index (χ2v) is 6.10. The van der Waals surface area contributed by atoms with Crippen LogP contribution in [0.5, 0.6) is 0 Å². The van der Waals surface area contributed by atoms with Crippen LogP contribution >= 0.6 is 22.6 Å². The summed E-state index contributed by atoms with van der Waals surface area (Å²) < 4.78 is 1.18. The summed E-state index contributed by atoms with van der Waals surface area (Å²) in [6.07, 6.45) is 0. The summed E-state index contributed by atoms with van der Waals surface area (Å²) in [6.45, 7) is 10.5. The standard InChI is InChI=1S/C12H19IN2/c1-6-9(13)7(2)11(15)8(10(6)14)12(3,4)5/h14-15H2,1-5H3. The number of benzene rings is 1. The third kappa shape index (κ3) is 2.07. The molecular formula is C12H19IN2. The first-order valence-corrected chi connectivity index (χ1v) is 6.10. The van der Waals surface area contributed by atoms with E-state index in [1.165, 1.54) is 3.57 Å². The van der Waals surface area contributed by atoms with E-state index in [2.05, 4.69) is 57.2 Å². The van der Waals surface area contributed by atoms with Gasteiger partial charge in [-0.15, -0.1) is 0 Å². The molecule has 84 valence electrons. The Morgan fingerprint density at radius 2 is 1.27 bits per heavy atom. The highest BCUT2D eigenvalue weighted by molar-refractivity contribution is 14.1. The molecule has 15 heavy (non-hydrogen) atoms. The van der Waals surface area contributed by atoms with Crippen molar-refractivity contribution in [3.8, 4) is 0 Å². The molecule has 1 aromatic rings. The van der Waals surface area contributed by atoms with Crippen molar-refractivity contribution in [1.29, 1.82) is 0 Å². The van der Waals surface area contributed by atoms with Crippen LogP contribution in [0.1, 0.15) is 37.5 Å². The van der Waals surface area contributed by atoms with Gasteiger partial charge in [-0.05, 0) is 53.0 Å². The Balaban J connectivity index is 3.68. The summed E-state index contributed by atoms with van der Waals surface area (Å²) in [5.74, 6) is 0. The van der Waals surface area contributed by atoms with Crippen LogP contribution in [0.25, 0.3) is 0 Å². The minimum atomic E-state index is -0.00593. The van der Waals surface area contributed by atoms with Gasteiger partial charge in [0, 0.05) is 20.5 Å². The Labute approximate surface area is 106 Å². The van der Waals surface area contributed by atoms with Crippen molar-refractivity contribution < 1.29 is 0 Å². The fraction of sp³-hybridized carbons (Fsp3) is 0.500. The van der Waals surface area contributed by atoms with E-state index in [0.29, 0.717) is 0 Å². The van der Waals surface area contributed by atoms with Gasteiger partial charge in [-0.3, -0.25) is 0 Å². The van der Waals surface area contributed by atoms with Crippen LogP contribution in [0.3, 0.4) is 0 Å². The predicted octanol–water partition coefficient (Wildman–Crippen LogP) is 3.37. The second kappa shape index (κ2) is 3.85. The molecule has 0 unspecified atom stereocenters. The molecule has 0 spiro atoms. The molecule has 0 aliphatic carbocycles. The zero-order chi connectivity index (χ0) is 12.0. The summed E-state index contributed by atoms with van der Waals surface area (Å²) in [5, 5.41) is 0. The first-order chi connectivity index (χ1) is 6.68. The fourth-order valence-corrected chi connectivity index (χ4v) is 2.43. The Morgan fingerprint density at radius 1 is 0.933 bits per heavy atom. The average Bonchev–Trinajstić information content (AvgIpc) is 2.09. The maximum absolute atomic E-state index is 6.15. The summed E-state index contributed by atoms with van der Waals surface area (Å²) in [6, 6.07) is 0. The van der Waals surface area contributed by atoms with Crippen LogP contribution < -0.4 is 11.5 Å². The topological polar surface area (TPSA) is 52.0 Å². The van der Waals surface area contributed by atoms with Gasteiger partial charge in [0.2, 0.25) is 0 Å². The summed E-state index contributed by atoms with van der Waals surface area (Å²) >= 11 is 2.30. The molecule has 0 radical (unpaired) electrons. The maximum Gasteiger partial charge on any atom is 0.0413 e. The quantitative estimate of drug-likeness (QED) is 0.569. The summed E-state index contributed by atoms with van der Waals surface area (Å²) in [7, 11) is 0. The van der Waals surface area contributed by atoms with Crippen molar-refractivity contribution in [3.63, 3.8) is 0 Å². The lowest BCUT2D eigenvalue weighted by Crippen LogP contribution is -2.19. The number of halogens is 1. The molecule has 0 aliphatic heterocycles. The van der Waals surface area contributed by atoms with Crippen LogP contribution in [0.15, 0.2) is 0 Å². The van der Waals surface area contributed by atoms with Crippen LogP contribution in [-0.4, -0.2) is 0 Å². The van der Waals surface area contributed by atoms with Crippen LogP contribution in [-0.2, 0) is 5.41 Å². The third-order valence-corrected chi connectivity index (χ3v) is 4.37. The van der Waals surface area contributed by atoms with Crippen molar-refractivity contribution >= 4 is 34.0 Å². The van der Waals surface area contributed by atoms with E-state index in [4.69, 9.17) is 11.5 Å². The van der Waals surface area contributed by atoms with Gasteiger partial charge in [-0.1, -0.05) is 20.8 Å². The zero-order valence-electron chi connectivity index (χ0n) is 10.0. The molecule has 0 saturated carbocycles. The van der Waals surface area contributed by atoms with Crippen molar-refractivity contribution in [2.24, 2.45) is 0 Å². The molecule has 1 rings (SSSR count). The Morgan fingerprint density at radius 3 is 1.53 bits per heavy atom. The molecule has 0 aromatic heterocycles. The molecule has 0 heterocycles. The molecule has 0 amide bonds. The predicted molar refractivity (Wildman–Crippen MR) is 76.2 cm³/mol. The molecular weight excluding hydrogens is 299 g/mol. The number of nitrogen functional groups attached to an aromatic ring is 2. The molecule has 0 saturated heterocycles. The highest BCUT2D eigenvalue weighted by Crippen LogP contribution is 2.39. The van der Waals surface area contributed by atoms with Gasteiger partial charge in [0.05, 0.1) is 0 Å². The molecule has 0 fully saturated rings. The molecule has 2 nitrogen and oxygen atoms in total. The zero-order valence-corrected chi connectivity index (χ0v) is 12.2. The van der Waals surface area contributed by atoms with E-state index in [1.807, 2.05) is 0 Å². The Kier molecular flexibility index (Phi) is 3.24. The largest absolute Gasteiger partial charge is 0.398 e. The van der Waals surface area contributed by atoms with Crippen molar-refractivity contribution in [3.05, 3.63) is 20.3 Å². The van der Waals surface area contributed by atoms with E-state index >= 15 is 0 Å². The number of rotatable bonds is 0. The number of hydrogen-bond donors (Lipinski definition) is 2. The van der Waals surface area contributed by atoms with E-state index in [9.17, 15) is 0 Å². The van der Waals surface area contributed by atoms with E-state index in [0.717, 1.165) is 28.1 Å². The van der Waals surface area contributed by atoms with Gasteiger partial charge in [0.1, 0.15) is 0 Å². The Bertz CT molecular complexity index is 374. The van der Waals surface area contributed by atoms with Gasteiger partial charge >= 0.3 is 0 Å². The van der Waals surface area contributed by atoms with Gasteiger partial charge in [0.15, 0.2) is 0 Å². The van der Waals surface area contributed by atoms with Crippen LogP contribution in [0.4, 0.5) is 11.4 Å². The summed E-state index contributed by atoms with van der Waals surface area (Å²) in [5.41, 5.74) is 17.4.